The van der Waals surface area contributed by atoms with Crippen LogP contribution in [0.2, 0.25) is 0 Å². The summed E-state index contributed by atoms with van der Waals surface area (Å²) in [4.78, 5) is 8.14. The zero-order valence-corrected chi connectivity index (χ0v) is 21.0. The summed E-state index contributed by atoms with van der Waals surface area (Å²) in [6.45, 7) is 8.48. The minimum atomic E-state index is 0. The molecule has 1 aliphatic rings. The van der Waals surface area contributed by atoms with Gasteiger partial charge in [-0.25, -0.2) is 0 Å². The highest BCUT2D eigenvalue weighted by Gasteiger charge is 2.13. The lowest BCUT2D eigenvalue weighted by atomic mass is 10.1. The Kier molecular flexibility index (Phi) is 11.6. The van der Waals surface area contributed by atoms with Crippen LogP contribution in [0.15, 0.2) is 64.5 Å². The van der Waals surface area contributed by atoms with Crippen molar-refractivity contribution in [2.45, 2.75) is 30.2 Å². The van der Waals surface area contributed by atoms with E-state index in [9.17, 15) is 0 Å². The zero-order chi connectivity index (χ0) is 20.3. The van der Waals surface area contributed by atoms with E-state index < -0.39 is 0 Å². The van der Waals surface area contributed by atoms with Crippen LogP contribution >= 0.6 is 35.7 Å². The topological polar surface area (TPSA) is 48.9 Å². The summed E-state index contributed by atoms with van der Waals surface area (Å²) < 4.78 is 5.47. The maximum Gasteiger partial charge on any atom is 0.191 e. The van der Waals surface area contributed by atoms with Crippen LogP contribution in [-0.2, 0) is 17.8 Å². The van der Waals surface area contributed by atoms with Gasteiger partial charge in [-0.1, -0.05) is 49.4 Å². The van der Waals surface area contributed by atoms with Crippen LogP contribution in [0.4, 0.5) is 0 Å². The summed E-state index contributed by atoms with van der Waals surface area (Å²) in [6, 6.07) is 19.2. The highest BCUT2D eigenvalue weighted by Crippen LogP contribution is 2.21. The molecule has 1 heterocycles. The Hall–Kier alpha value is -1.29. The number of guanidine groups is 1. The van der Waals surface area contributed by atoms with Crippen molar-refractivity contribution in [2.24, 2.45) is 4.99 Å². The number of rotatable bonds is 8. The van der Waals surface area contributed by atoms with Crippen molar-refractivity contribution in [1.82, 2.24) is 15.5 Å². The predicted molar refractivity (Wildman–Crippen MR) is 138 cm³/mol. The Balaban J connectivity index is 0.00000320. The molecule has 1 atom stereocenters. The van der Waals surface area contributed by atoms with Crippen molar-refractivity contribution in [3.63, 3.8) is 0 Å². The molecule has 1 fully saturated rings. The summed E-state index contributed by atoms with van der Waals surface area (Å²) in [5.74, 6) is 0.840. The Labute approximate surface area is 202 Å². The number of nitrogens with one attached hydrogen (secondary N) is 2. The first kappa shape index (κ1) is 25.0. The molecule has 0 spiro atoms. The van der Waals surface area contributed by atoms with Crippen LogP contribution in [0.1, 0.15) is 18.1 Å². The van der Waals surface area contributed by atoms with E-state index in [0.29, 0.717) is 5.25 Å². The lowest BCUT2D eigenvalue weighted by molar-refractivity contribution is 0.0341. The first-order valence-corrected chi connectivity index (χ1v) is 11.2. The van der Waals surface area contributed by atoms with Gasteiger partial charge in [-0.05, 0) is 23.3 Å². The average Bonchev–Trinajstić information content (AvgIpc) is 2.76. The number of hydrogen-bond acceptors (Lipinski definition) is 4. The zero-order valence-electron chi connectivity index (χ0n) is 17.8. The van der Waals surface area contributed by atoms with E-state index in [4.69, 9.17) is 4.74 Å². The Morgan fingerprint density at radius 3 is 2.40 bits per heavy atom. The van der Waals surface area contributed by atoms with Crippen LogP contribution in [0.3, 0.4) is 0 Å². The van der Waals surface area contributed by atoms with Gasteiger partial charge < -0.3 is 15.4 Å². The normalized spacial score (nSPS) is 15.9. The Bertz CT molecular complexity index is 769. The monoisotopic (exact) mass is 540 g/mol. The number of morpholine rings is 1. The van der Waals surface area contributed by atoms with Gasteiger partial charge in [0.2, 0.25) is 0 Å². The smallest absolute Gasteiger partial charge is 0.191 e. The van der Waals surface area contributed by atoms with Crippen molar-refractivity contribution in [3.8, 4) is 0 Å². The number of hydrogen-bond donors (Lipinski definition) is 2. The van der Waals surface area contributed by atoms with Crippen LogP contribution in [0.5, 0.6) is 0 Å². The van der Waals surface area contributed by atoms with Crippen molar-refractivity contribution >= 4 is 41.7 Å². The highest BCUT2D eigenvalue weighted by atomic mass is 127. The fraction of sp³-hybridized carbons (Fsp3) is 0.435. The first-order chi connectivity index (χ1) is 14.2. The van der Waals surface area contributed by atoms with Gasteiger partial charge >= 0.3 is 0 Å². The number of nitrogens with zero attached hydrogens (tertiary/aromatic N) is 2. The summed E-state index contributed by atoms with van der Waals surface area (Å²) in [5, 5.41) is 7.37. The van der Waals surface area contributed by atoms with E-state index in [-0.39, 0.29) is 24.0 Å². The SMILES string of the molecule is CN=C(NCc1ccccc1CN1CCOCC1)NCC(C)Sc1ccccc1.I. The van der Waals surface area contributed by atoms with E-state index in [1.807, 2.05) is 18.8 Å². The number of aliphatic imine (C=N–C) groups is 1. The molecule has 0 amide bonds. The van der Waals surface area contributed by atoms with Gasteiger partial charge in [0.05, 0.1) is 13.2 Å². The molecule has 0 bridgehead atoms. The Morgan fingerprint density at radius 1 is 1.03 bits per heavy atom. The molecule has 2 N–H and O–H groups in total. The lowest BCUT2D eigenvalue weighted by Crippen LogP contribution is -2.40. The van der Waals surface area contributed by atoms with Gasteiger partial charge in [0, 0.05) is 49.9 Å². The maximum atomic E-state index is 5.47. The van der Waals surface area contributed by atoms with Gasteiger partial charge in [0.25, 0.3) is 0 Å². The molecule has 0 saturated carbocycles. The van der Waals surface area contributed by atoms with Crippen molar-refractivity contribution in [3.05, 3.63) is 65.7 Å². The van der Waals surface area contributed by atoms with Crippen LogP contribution in [0, 0.1) is 0 Å². The summed E-state index contributed by atoms with van der Waals surface area (Å²) in [6.07, 6.45) is 0. The van der Waals surface area contributed by atoms with Crippen molar-refractivity contribution in [2.75, 3.05) is 39.9 Å². The first-order valence-electron chi connectivity index (χ1n) is 10.3. The Morgan fingerprint density at radius 2 is 1.70 bits per heavy atom. The van der Waals surface area contributed by atoms with E-state index in [0.717, 1.165) is 51.9 Å². The molecule has 1 aliphatic heterocycles. The molecule has 5 nitrogen and oxygen atoms in total. The molecule has 0 aromatic heterocycles. The molecule has 164 valence electrons. The maximum absolute atomic E-state index is 5.47. The van der Waals surface area contributed by atoms with Gasteiger partial charge in [-0.15, -0.1) is 35.7 Å². The molecular weight excluding hydrogens is 507 g/mol. The molecule has 1 saturated heterocycles. The summed E-state index contributed by atoms with van der Waals surface area (Å²) in [7, 11) is 1.82. The molecule has 3 rings (SSSR count). The quantitative estimate of drug-likeness (QED) is 0.230. The van der Waals surface area contributed by atoms with Crippen molar-refractivity contribution < 1.29 is 4.74 Å². The molecule has 1 unspecified atom stereocenters. The van der Waals surface area contributed by atoms with E-state index in [1.165, 1.54) is 16.0 Å². The number of thioether (sulfide) groups is 1. The van der Waals surface area contributed by atoms with Crippen LogP contribution < -0.4 is 10.6 Å². The van der Waals surface area contributed by atoms with E-state index in [1.54, 1.807) is 0 Å². The fourth-order valence-corrected chi connectivity index (χ4v) is 4.24. The van der Waals surface area contributed by atoms with Gasteiger partial charge in [0.1, 0.15) is 0 Å². The fourth-order valence-electron chi connectivity index (χ4n) is 3.30. The molecule has 0 radical (unpaired) electrons. The lowest BCUT2D eigenvalue weighted by Gasteiger charge is -2.27. The van der Waals surface area contributed by atoms with Gasteiger partial charge in [-0.3, -0.25) is 9.89 Å². The third-order valence-electron chi connectivity index (χ3n) is 4.92. The molecule has 30 heavy (non-hydrogen) atoms. The largest absolute Gasteiger partial charge is 0.379 e. The number of halogens is 1. The standard InChI is InChI=1S/C23H32N4OS.HI/c1-19(29-22-10-4-3-5-11-22)16-25-23(24-2)26-17-20-8-6-7-9-21(20)18-27-12-14-28-15-13-27;/h3-11,19H,12-18H2,1-2H3,(H2,24,25,26);1H. The minimum Gasteiger partial charge on any atom is -0.379 e. The summed E-state index contributed by atoms with van der Waals surface area (Å²) >= 11 is 1.87. The van der Waals surface area contributed by atoms with E-state index in [2.05, 4.69) is 82.0 Å². The molecule has 0 aliphatic carbocycles. The third-order valence-corrected chi connectivity index (χ3v) is 6.04. The molecule has 7 heteroatoms. The second-order valence-corrected chi connectivity index (χ2v) is 8.72. The number of benzene rings is 2. The second kappa shape index (κ2) is 13.9. The van der Waals surface area contributed by atoms with Gasteiger partial charge in [-0.2, -0.15) is 0 Å². The number of ether oxygens (including phenoxy) is 1. The van der Waals surface area contributed by atoms with E-state index >= 15 is 0 Å². The summed E-state index contributed by atoms with van der Waals surface area (Å²) in [5.41, 5.74) is 2.68. The van der Waals surface area contributed by atoms with Crippen molar-refractivity contribution in [1.29, 1.82) is 0 Å². The minimum absolute atomic E-state index is 0. The highest BCUT2D eigenvalue weighted by molar-refractivity contribution is 14.0. The van der Waals surface area contributed by atoms with Crippen LogP contribution in [0.25, 0.3) is 0 Å². The van der Waals surface area contributed by atoms with Crippen LogP contribution in [-0.4, -0.2) is 56.0 Å². The molecular formula is C23H33IN4OS. The average molecular weight is 541 g/mol. The second-order valence-electron chi connectivity index (χ2n) is 7.21. The van der Waals surface area contributed by atoms with Gasteiger partial charge in [0.15, 0.2) is 5.96 Å². The third kappa shape index (κ3) is 8.45. The molecule has 2 aromatic carbocycles. The molecule has 2 aromatic rings. The predicted octanol–water partition coefficient (Wildman–Crippen LogP) is 3.98.